The number of hydrogen-bond donors (Lipinski definition) is 1. The van der Waals surface area contributed by atoms with Gasteiger partial charge in [-0.15, -0.1) is 0 Å². The molecule has 3 rings (SSSR count). The van der Waals surface area contributed by atoms with Crippen molar-refractivity contribution in [2.24, 2.45) is 12.5 Å². The molecule has 2 saturated heterocycles. The second kappa shape index (κ2) is 9.02. The molecule has 0 bridgehead atoms. The molecule has 1 aromatic heterocycles. The second-order valence-corrected chi connectivity index (χ2v) is 7.99. The van der Waals surface area contributed by atoms with Crippen LogP contribution in [0.1, 0.15) is 24.8 Å². The van der Waals surface area contributed by atoms with E-state index < -0.39 is 12.1 Å². The van der Waals surface area contributed by atoms with E-state index in [9.17, 15) is 18.0 Å². The molecular formula is C18H28F3N5O3. The molecule has 2 fully saturated rings. The zero-order valence-electron chi connectivity index (χ0n) is 16.9. The lowest BCUT2D eigenvalue weighted by Gasteiger charge is -2.40. The zero-order chi connectivity index (χ0) is 21.8. The van der Waals surface area contributed by atoms with E-state index in [4.69, 9.17) is 9.90 Å². The Morgan fingerprint density at radius 2 is 1.90 bits per heavy atom. The van der Waals surface area contributed by atoms with Crippen LogP contribution >= 0.6 is 0 Å². The van der Waals surface area contributed by atoms with Gasteiger partial charge in [0.25, 0.3) is 0 Å². The number of aryl methyl sites for hydroxylation is 1. The third kappa shape index (κ3) is 6.34. The van der Waals surface area contributed by atoms with Crippen LogP contribution in [0.2, 0.25) is 0 Å². The molecule has 0 radical (unpaired) electrons. The molecule has 164 valence electrons. The fourth-order valence-corrected chi connectivity index (χ4v) is 3.97. The number of urea groups is 1. The van der Waals surface area contributed by atoms with Crippen molar-refractivity contribution in [2.45, 2.75) is 32.0 Å². The van der Waals surface area contributed by atoms with Gasteiger partial charge in [0.05, 0.1) is 6.20 Å². The number of carboxylic acids is 1. The lowest BCUT2D eigenvalue weighted by atomic mass is 9.79. The molecular weight excluding hydrogens is 391 g/mol. The first-order valence-electron chi connectivity index (χ1n) is 9.38. The number of amides is 2. The van der Waals surface area contributed by atoms with Crippen LogP contribution in [0.3, 0.4) is 0 Å². The van der Waals surface area contributed by atoms with E-state index in [-0.39, 0.29) is 6.03 Å². The van der Waals surface area contributed by atoms with E-state index in [1.807, 2.05) is 36.9 Å². The van der Waals surface area contributed by atoms with E-state index in [0.29, 0.717) is 5.41 Å². The second-order valence-electron chi connectivity index (χ2n) is 7.99. The highest BCUT2D eigenvalue weighted by molar-refractivity contribution is 5.74. The number of likely N-dealkylation sites (tertiary alicyclic amines) is 2. The van der Waals surface area contributed by atoms with Gasteiger partial charge in [-0.25, -0.2) is 9.59 Å². The van der Waals surface area contributed by atoms with Gasteiger partial charge in [-0.3, -0.25) is 9.58 Å². The minimum atomic E-state index is -5.08. The Kier molecular flexibility index (Phi) is 7.15. The van der Waals surface area contributed by atoms with E-state index in [1.165, 1.54) is 18.4 Å². The number of aromatic nitrogens is 2. The summed E-state index contributed by atoms with van der Waals surface area (Å²) in [7, 11) is 5.63. The third-order valence-electron chi connectivity index (χ3n) is 5.24. The smallest absolute Gasteiger partial charge is 0.475 e. The summed E-state index contributed by atoms with van der Waals surface area (Å²) in [6.45, 7) is 5.03. The van der Waals surface area contributed by atoms with E-state index >= 15 is 0 Å². The van der Waals surface area contributed by atoms with Gasteiger partial charge in [-0.2, -0.15) is 18.3 Å². The predicted molar refractivity (Wildman–Crippen MR) is 99.1 cm³/mol. The standard InChI is InChI=1S/C16H27N5O.C2HF3O2/c1-18(2)15(22)21-8-6-16(13-21)5-4-7-20(12-16)11-14-9-17-19(3)10-14;3-2(4,5)1(6)7/h9-10H,4-8,11-13H2,1-3H3;(H,6,7). The topological polar surface area (TPSA) is 81.9 Å². The Morgan fingerprint density at radius 3 is 2.41 bits per heavy atom. The van der Waals surface area contributed by atoms with Crippen molar-refractivity contribution in [2.75, 3.05) is 40.3 Å². The van der Waals surface area contributed by atoms with Crippen molar-refractivity contribution in [1.29, 1.82) is 0 Å². The number of nitrogens with zero attached hydrogens (tertiary/aromatic N) is 5. The molecule has 2 aliphatic rings. The summed E-state index contributed by atoms with van der Waals surface area (Å²) in [6.07, 6.45) is 2.57. The Labute approximate surface area is 167 Å². The van der Waals surface area contributed by atoms with Crippen LogP contribution in [0, 0.1) is 5.41 Å². The number of aliphatic carboxylic acids is 1. The number of rotatable bonds is 2. The van der Waals surface area contributed by atoms with Crippen LogP contribution in [-0.2, 0) is 18.4 Å². The lowest BCUT2D eigenvalue weighted by Crippen LogP contribution is -2.46. The van der Waals surface area contributed by atoms with Gasteiger partial charge in [0.15, 0.2) is 0 Å². The van der Waals surface area contributed by atoms with Gasteiger partial charge in [-0.1, -0.05) is 0 Å². The molecule has 1 aromatic rings. The first kappa shape index (κ1) is 23.0. The zero-order valence-corrected chi connectivity index (χ0v) is 16.9. The third-order valence-corrected chi connectivity index (χ3v) is 5.24. The lowest BCUT2D eigenvalue weighted by molar-refractivity contribution is -0.192. The van der Waals surface area contributed by atoms with Crippen molar-refractivity contribution in [1.82, 2.24) is 24.5 Å². The number of carboxylic acid groups (broad SMARTS) is 1. The fourth-order valence-electron chi connectivity index (χ4n) is 3.97. The molecule has 11 heteroatoms. The monoisotopic (exact) mass is 419 g/mol. The number of carbonyl (C=O) groups is 2. The molecule has 2 amide bonds. The molecule has 1 N–H and O–H groups in total. The molecule has 29 heavy (non-hydrogen) atoms. The summed E-state index contributed by atoms with van der Waals surface area (Å²) in [5.41, 5.74) is 1.57. The van der Waals surface area contributed by atoms with Gasteiger partial charge < -0.3 is 14.9 Å². The van der Waals surface area contributed by atoms with Crippen LogP contribution in [0.15, 0.2) is 12.4 Å². The summed E-state index contributed by atoms with van der Waals surface area (Å²) >= 11 is 0. The van der Waals surface area contributed by atoms with Crippen molar-refractivity contribution < 1.29 is 27.9 Å². The average Bonchev–Trinajstić information content (AvgIpc) is 3.20. The van der Waals surface area contributed by atoms with Gasteiger partial charge >= 0.3 is 18.2 Å². The SMILES string of the molecule is CN(C)C(=O)N1CCC2(CCCN(Cc3cnn(C)c3)C2)C1.O=C(O)C(F)(F)F. The Balaban J connectivity index is 0.000000370. The van der Waals surface area contributed by atoms with Crippen LogP contribution < -0.4 is 0 Å². The quantitative estimate of drug-likeness (QED) is 0.793. The molecule has 8 nitrogen and oxygen atoms in total. The van der Waals surface area contributed by atoms with Crippen molar-refractivity contribution in [3.05, 3.63) is 18.0 Å². The minimum absolute atomic E-state index is 0.154. The molecule has 0 aliphatic carbocycles. The molecule has 3 heterocycles. The predicted octanol–water partition coefficient (Wildman–Crippen LogP) is 2.02. The summed E-state index contributed by atoms with van der Waals surface area (Å²) in [5, 5.41) is 11.4. The van der Waals surface area contributed by atoms with Crippen LogP contribution in [0.4, 0.5) is 18.0 Å². The van der Waals surface area contributed by atoms with E-state index in [2.05, 4.69) is 16.2 Å². The highest BCUT2D eigenvalue weighted by Gasteiger charge is 2.43. The molecule has 2 aliphatic heterocycles. The number of halogens is 3. The number of alkyl halides is 3. The molecule has 0 saturated carbocycles. The summed E-state index contributed by atoms with van der Waals surface area (Å²) in [4.78, 5) is 27.3. The Morgan fingerprint density at radius 1 is 1.24 bits per heavy atom. The van der Waals surface area contributed by atoms with E-state index in [0.717, 1.165) is 39.1 Å². The maximum atomic E-state index is 12.2. The largest absolute Gasteiger partial charge is 0.490 e. The van der Waals surface area contributed by atoms with Crippen LogP contribution in [0.5, 0.6) is 0 Å². The first-order valence-corrected chi connectivity index (χ1v) is 9.38. The highest BCUT2D eigenvalue weighted by Crippen LogP contribution is 2.39. The molecule has 0 aromatic carbocycles. The van der Waals surface area contributed by atoms with Crippen molar-refractivity contribution in [3.63, 3.8) is 0 Å². The molecule has 1 atom stereocenters. The first-order chi connectivity index (χ1) is 13.4. The molecule has 1 unspecified atom stereocenters. The summed E-state index contributed by atoms with van der Waals surface area (Å²) in [6, 6.07) is 0.154. The minimum Gasteiger partial charge on any atom is -0.475 e. The van der Waals surface area contributed by atoms with Gasteiger partial charge in [0, 0.05) is 64.5 Å². The van der Waals surface area contributed by atoms with E-state index in [1.54, 1.807) is 4.90 Å². The van der Waals surface area contributed by atoms with Crippen molar-refractivity contribution >= 4 is 12.0 Å². The molecule has 1 spiro atoms. The number of piperidine rings is 1. The van der Waals surface area contributed by atoms with Crippen LogP contribution in [-0.4, -0.2) is 88.0 Å². The number of hydrogen-bond acceptors (Lipinski definition) is 4. The summed E-state index contributed by atoms with van der Waals surface area (Å²) < 4.78 is 33.6. The Bertz CT molecular complexity index is 722. The fraction of sp³-hybridized carbons (Fsp3) is 0.722. The number of carbonyl (C=O) groups excluding carboxylic acids is 1. The Hall–Kier alpha value is -2.30. The summed E-state index contributed by atoms with van der Waals surface area (Å²) in [5.74, 6) is -2.76. The average molecular weight is 419 g/mol. The highest BCUT2D eigenvalue weighted by atomic mass is 19.4. The normalized spacial score (nSPS) is 22.3. The van der Waals surface area contributed by atoms with Gasteiger partial charge in [-0.05, 0) is 25.8 Å². The van der Waals surface area contributed by atoms with Crippen LogP contribution in [0.25, 0.3) is 0 Å². The van der Waals surface area contributed by atoms with Gasteiger partial charge in [0.2, 0.25) is 0 Å². The maximum Gasteiger partial charge on any atom is 0.490 e. The van der Waals surface area contributed by atoms with Gasteiger partial charge in [0.1, 0.15) is 0 Å². The maximum absolute atomic E-state index is 12.2. The van der Waals surface area contributed by atoms with Crippen molar-refractivity contribution in [3.8, 4) is 0 Å².